The maximum atomic E-state index is 13.2. The summed E-state index contributed by atoms with van der Waals surface area (Å²) in [5.41, 5.74) is 6.41. The number of carbonyl (C=O) groups excluding carboxylic acids is 1. The van der Waals surface area contributed by atoms with Gasteiger partial charge in [-0.3, -0.25) is 4.79 Å². The zero-order valence-electron chi connectivity index (χ0n) is 16.1. The van der Waals surface area contributed by atoms with Gasteiger partial charge in [0.05, 0.1) is 16.8 Å². The Morgan fingerprint density at radius 2 is 1.64 bits per heavy atom. The summed E-state index contributed by atoms with van der Waals surface area (Å²) in [6, 6.07) is 25.7. The molecule has 1 heterocycles. The fourth-order valence-corrected chi connectivity index (χ4v) is 3.50. The van der Waals surface area contributed by atoms with Crippen LogP contribution in [-0.2, 0) is 6.42 Å². The van der Waals surface area contributed by atoms with Gasteiger partial charge in [0.1, 0.15) is 0 Å². The average Bonchev–Trinajstić information content (AvgIpc) is 2.73. The molecule has 1 amide bonds. The lowest BCUT2D eigenvalue weighted by Gasteiger charge is -2.13. The van der Waals surface area contributed by atoms with Crippen molar-refractivity contribution in [2.24, 2.45) is 0 Å². The molecule has 0 atom stereocenters. The first kappa shape index (κ1) is 17.9. The van der Waals surface area contributed by atoms with E-state index in [1.807, 2.05) is 72.8 Å². The molecule has 3 nitrogen and oxygen atoms in total. The van der Waals surface area contributed by atoms with E-state index >= 15 is 0 Å². The molecule has 0 radical (unpaired) electrons. The van der Waals surface area contributed by atoms with Gasteiger partial charge in [-0.1, -0.05) is 67.6 Å². The number of aryl methyl sites for hydroxylation is 2. The lowest BCUT2D eigenvalue weighted by molar-refractivity contribution is 0.102. The van der Waals surface area contributed by atoms with Gasteiger partial charge >= 0.3 is 0 Å². The predicted molar refractivity (Wildman–Crippen MR) is 116 cm³/mol. The molecule has 0 bridgehead atoms. The second-order valence-corrected chi connectivity index (χ2v) is 6.85. The van der Waals surface area contributed by atoms with E-state index in [2.05, 4.69) is 25.2 Å². The highest BCUT2D eigenvalue weighted by atomic mass is 16.1. The van der Waals surface area contributed by atoms with Gasteiger partial charge in [-0.15, -0.1) is 0 Å². The minimum Gasteiger partial charge on any atom is -0.322 e. The van der Waals surface area contributed by atoms with Crippen LogP contribution >= 0.6 is 0 Å². The second-order valence-electron chi connectivity index (χ2n) is 6.85. The van der Waals surface area contributed by atoms with Crippen LogP contribution in [0, 0.1) is 6.92 Å². The number of anilines is 1. The molecule has 1 N–H and O–H groups in total. The number of carbonyl (C=O) groups is 1. The molecular weight excluding hydrogens is 344 g/mol. The van der Waals surface area contributed by atoms with Gasteiger partial charge in [0, 0.05) is 16.6 Å². The first-order chi connectivity index (χ1) is 13.7. The van der Waals surface area contributed by atoms with E-state index in [9.17, 15) is 4.79 Å². The molecule has 3 aromatic carbocycles. The topological polar surface area (TPSA) is 42.0 Å². The van der Waals surface area contributed by atoms with Crippen LogP contribution < -0.4 is 5.32 Å². The number of pyridine rings is 1. The highest BCUT2D eigenvalue weighted by Crippen LogP contribution is 2.28. The third-order valence-corrected chi connectivity index (χ3v) is 5.03. The van der Waals surface area contributed by atoms with E-state index in [1.165, 1.54) is 0 Å². The molecule has 28 heavy (non-hydrogen) atoms. The molecule has 0 fully saturated rings. The van der Waals surface area contributed by atoms with Crippen LogP contribution in [0.15, 0.2) is 78.9 Å². The average molecular weight is 366 g/mol. The van der Waals surface area contributed by atoms with Crippen molar-refractivity contribution < 1.29 is 4.79 Å². The summed E-state index contributed by atoms with van der Waals surface area (Å²) in [6.07, 6.45) is 0.863. The summed E-state index contributed by atoms with van der Waals surface area (Å²) in [5, 5.41) is 3.95. The minimum atomic E-state index is -0.116. The molecule has 0 aliphatic heterocycles. The Morgan fingerprint density at radius 3 is 2.46 bits per heavy atom. The Hall–Kier alpha value is -3.46. The van der Waals surface area contributed by atoms with Crippen molar-refractivity contribution in [3.05, 3.63) is 95.6 Å². The molecule has 0 saturated heterocycles. The zero-order chi connectivity index (χ0) is 19.5. The van der Waals surface area contributed by atoms with E-state index in [0.717, 1.165) is 45.4 Å². The monoisotopic (exact) mass is 366 g/mol. The number of nitrogens with one attached hydrogen (secondary N) is 1. The molecule has 3 heteroatoms. The number of nitrogens with zero attached hydrogens (tertiary/aromatic N) is 1. The zero-order valence-corrected chi connectivity index (χ0v) is 16.1. The fraction of sp³-hybridized carbons (Fsp3) is 0.120. The number of hydrogen-bond donors (Lipinski definition) is 1. The summed E-state index contributed by atoms with van der Waals surface area (Å²) < 4.78 is 0. The van der Waals surface area contributed by atoms with Crippen LogP contribution in [0.4, 0.5) is 5.69 Å². The number of rotatable bonds is 4. The Kier molecular flexibility index (Phi) is 4.90. The van der Waals surface area contributed by atoms with Gasteiger partial charge in [0.25, 0.3) is 5.91 Å². The molecule has 0 aliphatic rings. The van der Waals surface area contributed by atoms with Crippen LogP contribution in [0.2, 0.25) is 0 Å². The standard InChI is InChI=1S/C25H22N2O/c1-3-18-11-5-8-14-22(18)27-25(28)21-16-24(19-12-6-4-10-17(19)2)26-23-15-9-7-13-20(21)23/h4-16H,3H2,1-2H3,(H,27,28). The first-order valence-corrected chi connectivity index (χ1v) is 9.52. The lowest BCUT2D eigenvalue weighted by atomic mass is 10.0. The molecule has 0 aliphatic carbocycles. The van der Waals surface area contributed by atoms with E-state index < -0.39 is 0 Å². The van der Waals surface area contributed by atoms with Crippen molar-refractivity contribution >= 4 is 22.5 Å². The van der Waals surface area contributed by atoms with Crippen molar-refractivity contribution in [1.29, 1.82) is 0 Å². The Balaban J connectivity index is 1.83. The number of fused-ring (bicyclic) bond motifs is 1. The molecular formula is C25H22N2O. The fourth-order valence-electron chi connectivity index (χ4n) is 3.50. The Morgan fingerprint density at radius 1 is 0.929 bits per heavy atom. The molecule has 4 aromatic rings. The van der Waals surface area contributed by atoms with Crippen LogP contribution in [-0.4, -0.2) is 10.9 Å². The van der Waals surface area contributed by atoms with Crippen LogP contribution in [0.5, 0.6) is 0 Å². The molecule has 0 spiro atoms. The summed E-state index contributed by atoms with van der Waals surface area (Å²) in [5.74, 6) is -0.116. The number of aromatic nitrogens is 1. The second kappa shape index (κ2) is 7.65. The van der Waals surface area contributed by atoms with Gasteiger partial charge in [-0.25, -0.2) is 4.98 Å². The SMILES string of the molecule is CCc1ccccc1NC(=O)c1cc(-c2ccccc2C)nc2ccccc12. The first-order valence-electron chi connectivity index (χ1n) is 9.52. The van der Waals surface area contributed by atoms with E-state index in [0.29, 0.717) is 5.56 Å². The van der Waals surface area contributed by atoms with E-state index in [4.69, 9.17) is 4.98 Å². The van der Waals surface area contributed by atoms with Crippen LogP contribution in [0.25, 0.3) is 22.2 Å². The maximum Gasteiger partial charge on any atom is 0.256 e. The third kappa shape index (κ3) is 3.39. The third-order valence-electron chi connectivity index (χ3n) is 5.03. The molecule has 0 saturated carbocycles. The molecule has 1 aromatic heterocycles. The highest BCUT2D eigenvalue weighted by Gasteiger charge is 2.15. The summed E-state index contributed by atoms with van der Waals surface area (Å²) in [7, 11) is 0. The summed E-state index contributed by atoms with van der Waals surface area (Å²) >= 11 is 0. The molecule has 4 rings (SSSR count). The van der Waals surface area contributed by atoms with E-state index in [-0.39, 0.29) is 5.91 Å². The van der Waals surface area contributed by atoms with Crippen LogP contribution in [0.3, 0.4) is 0 Å². The van der Waals surface area contributed by atoms with Gasteiger partial charge in [-0.2, -0.15) is 0 Å². The molecule has 138 valence electrons. The van der Waals surface area contributed by atoms with Crippen molar-refractivity contribution in [3.8, 4) is 11.3 Å². The summed E-state index contributed by atoms with van der Waals surface area (Å²) in [6.45, 7) is 4.15. The van der Waals surface area contributed by atoms with Crippen LogP contribution in [0.1, 0.15) is 28.4 Å². The largest absolute Gasteiger partial charge is 0.322 e. The van der Waals surface area contributed by atoms with Gasteiger partial charge in [0.15, 0.2) is 0 Å². The number of amides is 1. The van der Waals surface area contributed by atoms with Gasteiger partial charge in [-0.05, 0) is 42.7 Å². The minimum absolute atomic E-state index is 0.116. The van der Waals surface area contributed by atoms with Gasteiger partial charge < -0.3 is 5.32 Å². The van der Waals surface area contributed by atoms with Crippen molar-refractivity contribution in [2.75, 3.05) is 5.32 Å². The normalized spacial score (nSPS) is 10.8. The van der Waals surface area contributed by atoms with Crippen molar-refractivity contribution in [1.82, 2.24) is 4.98 Å². The predicted octanol–water partition coefficient (Wildman–Crippen LogP) is 6.02. The van der Waals surface area contributed by atoms with E-state index in [1.54, 1.807) is 0 Å². The quantitative estimate of drug-likeness (QED) is 0.479. The van der Waals surface area contributed by atoms with Crippen molar-refractivity contribution in [2.45, 2.75) is 20.3 Å². The van der Waals surface area contributed by atoms with Crippen molar-refractivity contribution in [3.63, 3.8) is 0 Å². The highest BCUT2D eigenvalue weighted by molar-refractivity contribution is 6.13. The number of benzene rings is 3. The molecule has 0 unspecified atom stereocenters. The van der Waals surface area contributed by atoms with Gasteiger partial charge in [0.2, 0.25) is 0 Å². The lowest BCUT2D eigenvalue weighted by Crippen LogP contribution is -2.14. The number of para-hydroxylation sites is 2. The Labute approximate surface area is 165 Å². The number of hydrogen-bond acceptors (Lipinski definition) is 2. The summed E-state index contributed by atoms with van der Waals surface area (Å²) in [4.78, 5) is 18.0. The smallest absolute Gasteiger partial charge is 0.256 e. The maximum absolute atomic E-state index is 13.2. The Bertz CT molecular complexity index is 1160.